The molecule has 1 fully saturated rings. The number of piperidine rings is 1. The van der Waals surface area contributed by atoms with Crippen molar-refractivity contribution in [1.29, 1.82) is 0 Å². The van der Waals surface area contributed by atoms with Crippen molar-refractivity contribution >= 4 is 6.41 Å². The Morgan fingerprint density at radius 3 is 2.77 bits per heavy atom. The molecule has 4 heteroatoms. The van der Waals surface area contributed by atoms with Crippen LogP contribution in [0.1, 0.15) is 36.4 Å². The van der Waals surface area contributed by atoms with E-state index in [2.05, 4.69) is 4.98 Å². The molecule has 0 bridgehead atoms. The Bertz CT molecular complexity index is 598. The van der Waals surface area contributed by atoms with E-state index in [-0.39, 0.29) is 6.04 Å². The first-order chi connectivity index (χ1) is 10.9. The van der Waals surface area contributed by atoms with Crippen molar-refractivity contribution in [2.45, 2.75) is 31.9 Å². The van der Waals surface area contributed by atoms with Crippen molar-refractivity contribution in [3.05, 3.63) is 59.8 Å². The molecule has 0 saturated carbocycles. The fourth-order valence-electron chi connectivity index (χ4n) is 2.84. The zero-order valence-electron chi connectivity index (χ0n) is 12.5. The number of ether oxygens (including phenoxy) is 1. The molecule has 114 valence electrons. The summed E-state index contributed by atoms with van der Waals surface area (Å²) >= 11 is 0. The number of rotatable bonds is 5. The molecule has 0 aliphatic carbocycles. The molecule has 1 unspecified atom stereocenters. The smallest absolute Gasteiger partial charge is 0.213 e. The van der Waals surface area contributed by atoms with Gasteiger partial charge in [-0.2, -0.15) is 0 Å². The summed E-state index contributed by atoms with van der Waals surface area (Å²) in [4.78, 5) is 17.4. The van der Waals surface area contributed by atoms with Crippen molar-refractivity contribution < 1.29 is 9.53 Å². The SMILES string of the molecule is O=CN1CCCCC1c1ccc(OCc2ccccc2)nc1. The number of nitrogens with zero attached hydrogens (tertiary/aromatic N) is 2. The molecule has 0 spiro atoms. The summed E-state index contributed by atoms with van der Waals surface area (Å²) in [6, 6.07) is 14.1. The zero-order chi connectivity index (χ0) is 15.2. The average Bonchev–Trinajstić information content (AvgIpc) is 2.61. The molecule has 1 aliphatic heterocycles. The van der Waals surface area contributed by atoms with Gasteiger partial charge in [0.1, 0.15) is 6.61 Å². The van der Waals surface area contributed by atoms with Crippen LogP contribution in [0.2, 0.25) is 0 Å². The van der Waals surface area contributed by atoms with Crippen LogP contribution in [0.25, 0.3) is 0 Å². The molecule has 0 N–H and O–H groups in total. The number of hydrogen-bond donors (Lipinski definition) is 0. The molecule has 1 aromatic carbocycles. The van der Waals surface area contributed by atoms with E-state index in [1.807, 2.05) is 53.6 Å². The van der Waals surface area contributed by atoms with Gasteiger partial charge in [-0.3, -0.25) is 4.79 Å². The number of aromatic nitrogens is 1. The Hall–Kier alpha value is -2.36. The number of pyridine rings is 1. The quantitative estimate of drug-likeness (QED) is 0.795. The second-order valence-corrected chi connectivity index (χ2v) is 5.56. The lowest BCUT2D eigenvalue weighted by Gasteiger charge is -2.32. The summed E-state index contributed by atoms with van der Waals surface area (Å²) < 4.78 is 5.69. The number of carbonyl (C=O) groups excluding carboxylic acids is 1. The lowest BCUT2D eigenvalue weighted by Crippen LogP contribution is -2.32. The number of amides is 1. The minimum Gasteiger partial charge on any atom is -0.473 e. The molecule has 1 aromatic heterocycles. The van der Waals surface area contributed by atoms with Crippen molar-refractivity contribution in [3.8, 4) is 5.88 Å². The maximum absolute atomic E-state index is 11.2. The van der Waals surface area contributed by atoms with Gasteiger partial charge in [-0.15, -0.1) is 0 Å². The number of likely N-dealkylation sites (tertiary alicyclic amines) is 1. The van der Waals surface area contributed by atoms with Crippen LogP contribution in [0.4, 0.5) is 0 Å². The van der Waals surface area contributed by atoms with Crippen molar-refractivity contribution in [1.82, 2.24) is 9.88 Å². The molecule has 1 amide bonds. The summed E-state index contributed by atoms with van der Waals surface area (Å²) in [5.41, 5.74) is 2.20. The molecule has 1 aliphatic rings. The highest BCUT2D eigenvalue weighted by Crippen LogP contribution is 2.29. The molecule has 0 radical (unpaired) electrons. The van der Waals surface area contributed by atoms with E-state index in [9.17, 15) is 4.79 Å². The molecular formula is C18H20N2O2. The summed E-state index contributed by atoms with van der Waals surface area (Å²) in [5, 5.41) is 0. The Balaban J connectivity index is 1.63. The largest absolute Gasteiger partial charge is 0.473 e. The van der Waals surface area contributed by atoms with Crippen LogP contribution in [0, 0.1) is 0 Å². The maximum Gasteiger partial charge on any atom is 0.213 e. The number of benzene rings is 1. The molecular weight excluding hydrogens is 276 g/mol. The van der Waals surface area contributed by atoms with Crippen molar-refractivity contribution in [3.63, 3.8) is 0 Å². The topological polar surface area (TPSA) is 42.4 Å². The fraction of sp³-hybridized carbons (Fsp3) is 0.333. The number of carbonyl (C=O) groups is 1. The van der Waals surface area contributed by atoms with Gasteiger partial charge in [-0.05, 0) is 30.4 Å². The van der Waals surface area contributed by atoms with Crippen LogP contribution >= 0.6 is 0 Å². The second-order valence-electron chi connectivity index (χ2n) is 5.56. The summed E-state index contributed by atoms with van der Waals surface area (Å²) in [6.45, 7) is 1.34. The van der Waals surface area contributed by atoms with E-state index >= 15 is 0 Å². The molecule has 2 heterocycles. The van der Waals surface area contributed by atoms with Crippen LogP contribution in [0.15, 0.2) is 48.7 Å². The Morgan fingerprint density at radius 1 is 1.18 bits per heavy atom. The monoisotopic (exact) mass is 296 g/mol. The van der Waals surface area contributed by atoms with E-state index in [1.54, 1.807) is 0 Å². The predicted molar refractivity (Wildman–Crippen MR) is 84.4 cm³/mol. The minimum atomic E-state index is 0.155. The minimum absolute atomic E-state index is 0.155. The molecule has 22 heavy (non-hydrogen) atoms. The standard InChI is InChI=1S/C18H20N2O2/c21-14-20-11-5-4-8-17(20)16-9-10-18(19-12-16)22-13-15-6-2-1-3-7-15/h1-3,6-7,9-10,12,14,17H,4-5,8,11,13H2. The lowest BCUT2D eigenvalue weighted by molar-refractivity contribution is -0.121. The maximum atomic E-state index is 11.2. The number of hydrogen-bond acceptors (Lipinski definition) is 3. The third-order valence-electron chi connectivity index (χ3n) is 4.05. The van der Waals surface area contributed by atoms with E-state index in [1.165, 1.54) is 0 Å². The first-order valence-corrected chi connectivity index (χ1v) is 7.70. The van der Waals surface area contributed by atoms with Gasteiger partial charge in [0.2, 0.25) is 12.3 Å². The van der Waals surface area contributed by atoms with Crippen LogP contribution in [-0.2, 0) is 11.4 Å². The van der Waals surface area contributed by atoms with E-state index in [0.29, 0.717) is 12.5 Å². The van der Waals surface area contributed by atoms with E-state index in [4.69, 9.17) is 4.74 Å². The van der Waals surface area contributed by atoms with Crippen LogP contribution < -0.4 is 4.74 Å². The van der Waals surface area contributed by atoms with Gasteiger partial charge in [-0.1, -0.05) is 36.4 Å². The molecule has 3 rings (SSSR count). The lowest BCUT2D eigenvalue weighted by atomic mass is 9.97. The van der Waals surface area contributed by atoms with Crippen molar-refractivity contribution in [2.24, 2.45) is 0 Å². The van der Waals surface area contributed by atoms with Gasteiger partial charge >= 0.3 is 0 Å². The highest BCUT2D eigenvalue weighted by Gasteiger charge is 2.22. The highest BCUT2D eigenvalue weighted by atomic mass is 16.5. The van der Waals surface area contributed by atoms with Gasteiger partial charge in [-0.25, -0.2) is 4.98 Å². The molecule has 1 saturated heterocycles. The van der Waals surface area contributed by atoms with Gasteiger partial charge in [0.05, 0.1) is 6.04 Å². The molecule has 4 nitrogen and oxygen atoms in total. The third kappa shape index (κ3) is 3.45. The third-order valence-corrected chi connectivity index (χ3v) is 4.05. The first kappa shape index (κ1) is 14.6. The van der Waals surface area contributed by atoms with Gasteiger partial charge in [0.15, 0.2) is 0 Å². The van der Waals surface area contributed by atoms with Crippen LogP contribution in [-0.4, -0.2) is 22.8 Å². The van der Waals surface area contributed by atoms with Crippen LogP contribution in [0.5, 0.6) is 5.88 Å². The Morgan fingerprint density at radius 2 is 2.05 bits per heavy atom. The van der Waals surface area contributed by atoms with Crippen molar-refractivity contribution in [2.75, 3.05) is 6.54 Å². The van der Waals surface area contributed by atoms with Gasteiger partial charge in [0, 0.05) is 18.8 Å². The highest BCUT2D eigenvalue weighted by molar-refractivity contribution is 5.49. The summed E-state index contributed by atoms with van der Waals surface area (Å²) in [5.74, 6) is 0.612. The normalized spacial score (nSPS) is 18.0. The average molecular weight is 296 g/mol. The summed E-state index contributed by atoms with van der Waals surface area (Å²) in [7, 11) is 0. The molecule has 2 aromatic rings. The predicted octanol–water partition coefficient (Wildman–Crippen LogP) is 3.34. The van der Waals surface area contributed by atoms with Crippen LogP contribution in [0.3, 0.4) is 0 Å². The summed E-state index contributed by atoms with van der Waals surface area (Å²) in [6.07, 6.45) is 6.02. The second kappa shape index (κ2) is 7.07. The van der Waals surface area contributed by atoms with E-state index in [0.717, 1.165) is 43.3 Å². The zero-order valence-corrected chi connectivity index (χ0v) is 12.5. The Labute approximate surface area is 130 Å². The van der Waals surface area contributed by atoms with Gasteiger partial charge < -0.3 is 9.64 Å². The molecule has 1 atom stereocenters. The fourth-order valence-corrected chi connectivity index (χ4v) is 2.84. The Kier molecular flexibility index (Phi) is 4.68. The van der Waals surface area contributed by atoms with E-state index < -0.39 is 0 Å². The first-order valence-electron chi connectivity index (χ1n) is 7.70. The van der Waals surface area contributed by atoms with Gasteiger partial charge in [0.25, 0.3) is 0 Å².